The second kappa shape index (κ2) is 7.79. The van der Waals surface area contributed by atoms with Gasteiger partial charge in [-0.05, 0) is 55.4 Å². The summed E-state index contributed by atoms with van der Waals surface area (Å²) in [6.07, 6.45) is 4.66. The number of nitrogens with zero attached hydrogens (tertiary/aromatic N) is 1. The second-order valence-corrected chi connectivity index (χ2v) is 7.38. The maximum Gasteiger partial charge on any atom is 0.220 e. The summed E-state index contributed by atoms with van der Waals surface area (Å²) in [6.45, 7) is 2.66. The molecule has 1 atom stereocenters. The Morgan fingerprint density at radius 3 is 3.08 bits per heavy atom. The van der Waals surface area contributed by atoms with Gasteiger partial charge in [-0.3, -0.25) is 4.79 Å². The molecule has 0 saturated carbocycles. The molecule has 24 heavy (non-hydrogen) atoms. The highest BCUT2D eigenvalue weighted by molar-refractivity contribution is 7.09. The van der Waals surface area contributed by atoms with Crippen molar-refractivity contribution in [3.05, 3.63) is 45.4 Å². The number of fused-ring (bicyclic) bond motifs is 1. The van der Waals surface area contributed by atoms with Crippen molar-refractivity contribution in [2.45, 2.75) is 44.9 Å². The molecule has 2 aromatic rings. The van der Waals surface area contributed by atoms with E-state index in [1.54, 1.807) is 18.4 Å². The molecule has 1 aromatic carbocycles. The molecule has 1 N–H and O–H groups in total. The van der Waals surface area contributed by atoms with Gasteiger partial charge < -0.3 is 10.1 Å². The highest BCUT2D eigenvalue weighted by Gasteiger charge is 2.23. The molecule has 1 aromatic heterocycles. The number of aromatic nitrogens is 1. The van der Waals surface area contributed by atoms with Crippen molar-refractivity contribution in [3.63, 3.8) is 0 Å². The van der Waals surface area contributed by atoms with E-state index < -0.39 is 0 Å². The van der Waals surface area contributed by atoms with E-state index in [4.69, 9.17) is 4.74 Å². The van der Waals surface area contributed by atoms with Crippen LogP contribution in [0.1, 0.15) is 47.0 Å². The van der Waals surface area contributed by atoms with Crippen LogP contribution in [-0.2, 0) is 17.6 Å². The van der Waals surface area contributed by atoms with Gasteiger partial charge in [-0.2, -0.15) is 0 Å². The quantitative estimate of drug-likeness (QED) is 0.870. The normalized spacial score (nSPS) is 16.5. The molecular weight excluding hydrogens is 320 g/mol. The Bertz CT molecular complexity index is 711. The average Bonchev–Trinajstić information content (AvgIpc) is 3.00. The lowest BCUT2D eigenvalue weighted by Crippen LogP contribution is -2.28. The van der Waals surface area contributed by atoms with Gasteiger partial charge in [-0.15, -0.1) is 11.3 Å². The lowest BCUT2D eigenvalue weighted by molar-refractivity contribution is -0.121. The second-order valence-electron chi connectivity index (χ2n) is 6.32. The fraction of sp³-hybridized carbons (Fsp3) is 0.474. The van der Waals surface area contributed by atoms with Crippen LogP contribution in [0.2, 0.25) is 0 Å². The molecule has 5 heteroatoms. The van der Waals surface area contributed by atoms with Crippen molar-refractivity contribution in [2.75, 3.05) is 13.7 Å². The number of nitrogens with one attached hydrogen (secondary N) is 1. The van der Waals surface area contributed by atoms with E-state index in [1.807, 2.05) is 13.0 Å². The highest BCUT2D eigenvalue weighted by Crippen LogP contribution is 2.35. The molecule has 0 bridgehead atoms. The summed E-state index contributed by atoms with van der Waals surface area (Å²) in [5, 5.41) is 6.18. The summed E-state index contributed by atoms with van der Waals surface area (Å²) in [6, 6.07) is 6.24. The average molecular weight is 344 g/mol. The lowest BCUT2D eigenvalue weighted by Gasteiger charge is -2.25. The lowest BCUT2D eigenvalue weighted by atomic mass is 9.81. The summed E-state index contributed by atoms with van der Waals surface area (Å²) < 4.78 is 5.31. The Kier molecular flexibility index (Phi) is 5.51. The van der Waals surface area contributed by atoms with Crippen molar-refractivity contribution in [2.24, 2.45) is 0 Å². The van der Waals surface area contributed by atoms with E-state index >= 15 is 0 Å². The molecule has 3 rings (SSSR count). The monoisotopic (exact) mass is 344 g/mol. The number of rotatable bonds is 6. The van der Waals surface area contributed by atoms with Crippen LogP contribution >= 0.6 is 11.3 Å². The number of benzene rings is 1. The number of aryl methyl sites for hydroxylation is 2. The van der Waals surface area contributed by atoms with E-state index in [0.29, 0.717) is 18.9 Å². The molecule has 0 saturated heterocycles. The third-order valence-corrected chi connectivity index (χ3v) is 5.41. The first kappa shape index (κ1) is 17.0. The molecule has 1 aliphatic rings. The topological polar surface area (TPSA) is 51.2 Å². The van der Waals surface area contributed by atoms with Crippen molar-refractivity contribution >= 4 is 17.2 Å². The standard InChI is InChI=1S/C19H24N2O2S/c1-13-21-16(12-24-13)8-9-20-19(22)11-15-5-3-4-14-10-17(23-2)6-7-18(14)15/h6-7,10,12,15H,3-5,8-9,11H2,1-2H3,(H,20,22)/t15-/m0/s1. The predicted octanol–water partition coefficient (Wildman–Crippen LogP) is 3.63. The molecular formula is C19H24N2O2S. The minimum absolute atomic E-state index is 0.135. The Labute approximate surface area is 147 Å². The van der Waals surface area contributed by atoms with Gasteiger partial charge in [0.1, 0.15) is 5.75 Å². The number of hydrogen-bond acceptors (Lipinski definition) is 4. The van der Waals surface area contributed by atoms with Crippen LogP contribution in [-0.4, -0.2) is 24.5 Å². The third-order valence-electron chi connectivity index (χ3n) is 4.59. The number of amides is 1. The van der Waals surface area contributed by atoms with Gasteiger partial charge in [0.2, 0.25) is 5.91 Å². The van der Waals surface area contributed by atoms with Crippen LogP contribution in [0.15, 0.2) is 23.6 Å². The van der Waals surface area contributed by atoms with Gasteiger partial charge in [0.25, 0.3) is 0 Å². The first-order valence-corrected chi connectivity index (χ1v) is 9.38. The van der Waals surface area contributed by atoms with Gasteiger partial charge in [-0.1, -0.05) is 6.07 Å². The summed E-state index contributed by atoms with van der Waals surface area (Å²) in [4.78, 5) is 16.7. The largest absolute Gasteiger partial charge is 0.497 e. The SMILES string of the molecule is COc1ccc2c(c1)CCC[C@H]2CC(=O)NCCc1csc(C)n1. The first-order chi connectivity index (χ1) is 11.7. The summed E-state index contributed by atoms with van der Waals surface area (Å²) in [7, 11) is 1.69. The molecule has 1 heterocycles. The number of carbonyl (C=O) groups excluding carboxylic acids is 1. The zero-order valence-corrected chi connectivity index (χ0v) is 15.1. The van der Waals surface area contributed by atoms with Gasteiger partial charge in [0.05, 0.1) is 17.8 Å². The third kappa shape index (κ3) is 4.15. The summed E-state index contributed by atoms with van der Waals surface area (Å²) in [5.74, 6) is 1.36. The van der Waals surface area contributed by atoms with E-state index in [9.17, 15) is 4.79 Å². The highest BCUT2D eigenvalue weighted by atomic mass is 32.1. The van der Waals surface area contributed by atoms with Crippen LogP contribution in [0.25, 0.3) is 0 Å². The van der Waals surface area contributed by atoms with Crippen LogP contribution < -0.4 is 10.1 Å². The van der Waals surface area contributed by atoms with Gasteiger partial charge in [0, 0.05) is 24.8 Å². The van der Waals surface area contributed by atoms with Gasteiger partial charge >= 0.3 is 0 Å². The zero-order chi connectivity index (χ0) is 16.9. The number of hydrogen-bond donors (Lipinski definition) is 1. The Balaban J connectivity index is 1.53. The van der Waals surface area contributed by atoms with Crippen molar-refractivity contribution in [1.29, 1.82) is 0 Å². The summed E-state index contributed by atoms with van der Waals surface area (Å²) in [5.41, 5.74) is 3.71. The predicted molar refractivity (Wildman–Crippen MR) is 96.9 cm³/mol. The molecule has 1 amide bonds. The molecule has 1 aliphatic carbocycles. The zero-order valence-electron chi connectivity index (χ0n) is 14.3. The maximum absolute atomic E-state index is 12.3. The van der Waals surface area contributed by atoms with E-state index in [0.717, 1.165) is 42.1 Å². The number of ether oxygens (including phenoxy) is 1. The summed E-state index contributed by atoms with van der Waals surface area (Å²) >= 11 is 1.65. The van der Waals surface area contributed by atoms with Crippen molar-refractivity contribution in [3.8, 4) is 5.75 Å². The minimum atomic E-state index is 0.135. The van der Waals surface area contributed by atoms with Crippen molar-refractivity contribution < 1.29 is 9.53 Å². The molecule has 4 nitrogen and oxygen atoms in total. The Morgan fingerprint density at radius 1 is 1.46 bits per heavy atom. The van der Waals surface area contributed by atoms with Crippen LogP contribution in [0.4, 0.5) is 0 Å². The molecule has 0 fully saturated rings. The molecule has 0 aliphatic heterocycles. The van der Waals surface area contributed by atoms with Crippen LogP contribution in [0.3, 0.4) is 0 Å². The fourth-order valence-electron chi connectivity index (χ4n) is 3.38. The molecule has 0 unspecified atom stereocenters. The van der Waals surface area contributed by atoms with E-state index in [1.165, 1.54) is 11.1 Å². The van der Waals surface area contributed by atoms with Crippen LogP contribution in [0, 0.1) is 6.92 Å². The minimum Gasteiger partial charge on any atom is -0.497 e. The van der Waals surface area contributed by atoms with E-state index in [2.05, 4.69) is 27.8 Å². The molecule has 0 spiro atoms. The number of methoxy groups -OCH3 is 1. The molecule has 0 radical (unpaired) electrons. The first-order valence-electron chi connectivity index (χ1n) is 8.50. The number of carbonyl (C=O) groups is 1. The molecule has 128 valence electrons. The smallest absolute Gasteiger partial charge is 0.220 e. The number of thiazole rings is 1. The van der Waals surface area contributed by atoms with Crippen molar-refractivity contribution in [1.82, 2.24) is 10.3 Å². The van der Waals surface area contributed by atoms with Gasteiger partial charge in [-0.25, -0.2) is 4.98 Å². The fourth-order valence-corrected chi connectivity index (χ4v) is 4.03. The van der Waals surface area contributed by atoms with Crippen LogP contribution in [0.5, 0.6) is 5.75 Å². The maximum atomic E-state index is 12.3. The van der Waals surface area contributed by atoms with Gasteiger partial charge in [0.15, 0.2) is 0 Å². The Hall–Kier alpha value is -1.88. The van der Waals surface area contributed by atoms with E-state index in [-0.39, 0.29) is 5.91 Å². The Morgan fingerprint density at radius 2 is 2.33 bits per heavy atom.